The van der Waals surface area contributed by atoms with Crippen LogP contribution < -0.4 is 5.73 Å². The maximum absolute atomic E-state index is 10.7. The van der Waals surface area contributed by atoms with E-state index in [4.69, 9.17) is 11.0 Å². The van der Waals surface area contributed by atoms with E-state index in [1.807, 2.05) is 6.07 Å². The molecule has 18 heavy (non-hydrogen) atoms. The number of anilines is 1. The number of nitrogens with two attached hydrogens (primary N) is 1. The molecule has 0 saturated heterocycles. The summed E-state index contributed by atoms with van der Waals surface area (Å²) in [7, 11) is 0. The van der Waals surface area contributed by atoms with Crippen LogP contribution in [0.2, 0.25) is 0 Å². The summed E-state index contributed by atoms with van der Waals surface area (Å²) in [5, 5.41) is 19.4. The molecule has 0 amide bonds. The lowest BCUT2D eigenvalue weighted by molar-refractivity contribution is -0.384. The number of nitro groups is 1. The number of non-ortho nitro benzene ring substituents is 1. The van der Waals surface area contributed by atoms with Crippen molar-refractivity contribution in [3.05, 3.63) is 52.1 Å². The molecule has 0 aliphatic carbocycles. The molecule has 0 fully saturated rings. The van der Waals surface area contributed by atoms with Gasteiger partial charge in [0, 0.05) is 17.7 Å². The highest BCUT2D eigenvalue weighted by atomic mass is 16.6. The van der Waals surface area contributed by atoms with Crippen molar-refractivity contribution < 1.29 is 4.92 Å². The van der Waals surface area contributed by atoms with E-state index in [9.17, 15) is 10.1 Å². The van der Waals surface area contributed by atoms with Crippen molar-refractivity contribution in [1.29, 1.82) is 5.26 Å². The second-order valence-electron chi connectivity index (χ2n) is 3.55. The minimum atomic E-state index is -0.476. The fourth-order valence-electron chi connectivity index (χ4n) is 1.51. The van der Waals surface area contributed by atoms with Crippen molar-refractivity contribution in [3.63, 3.8) is 0 Å². The fourth-order valence-corrected chi connectivity index (χ4v) is 1.51. The average molecular weight is 240 g/mol. The van der Waals surface area contributed by atoms with Gasteiger partial charge in [0.25, 0.3) is 5.69 Å². The number of nitro benzene ring substituents is 1. The molecule has 1 aromatic heterocycles. The molecule has 2 N–H and O–H groups in total. The standard InChI is InChI=1S/C12H8N4O2/c13-7-9-4-5-11(15-12(9)14)8-2-1-3-10(6-8)16(17)18/h1-6H,(H2,14,15). The van der Waals surface area contributed by atoms with E-state index in [0.29, 0.717) is 11.3 Å². The van der Waals surface area contributed by atoms with E-state index < -0.39 is 4.92 Å². The number of nitrogens with zero attached hydrogens (tertiary/aromatic N) is 3. The van der Waals surface area contributed by atoms with Gasteiger partial charge in [-0.15, -0.1) is 0 Å². The number of nitrogen functional groups attached to an aromatic ring is 1. The van der Waals surface area contributed by atoms with Crippen LogP contribution in [0.15, 0.2) is 36.4 Å². The van der Waals surface area contributed by atoms with Crippen LogP contribution in [0.25, 0.3) is 11.3 Å². The Morgan fingerprint density at radius 1 is 1.33 bits per heavy atom. The normalized spacial score (nSPS) is 9.72. The predicted octanol–water partition coefficient (Wildman–Crippen LogP) is 2.11. The molecule has 0 saturated carbocycles. The highest BCUT2D eigenvalue weighted by Crippen LogP contribution is 2.23. The lowest BCUT2D eigenvalue weighted by Crippen LogP contribution is -1.96. The number of nitriles is 1. The largest absolute Gasteiger partial charge is 0.383 e. The van der Waals surface area contributed by atoms with E-state index in [-0.39, 0.29) is 17.1 Å². The first-order chi connectivity index (χ1) is 8.61. The Kier molecular flexibility index (Phi) is 2.89. The zero-order chi connectivity index (χ0) is 13.1. The van der Waals surface area contributed by atoms with E-state index >= 15 is 0 Å². The molecular weight excluding hydrogens is 232 g/mol. The predicted molar refractivity (Wildman–Crippen MR) is 65.5 cm³/mol. The summed E-state index contributed by atoms with van der Waals surface area (Å²) in [6.07, 6.45) is 0. The van der Waals surface area contributed by atoms with Gasteiger partial charge in [-0.2, -0.15) is 5.26 Å². The summed E-state index contributed by atoms with van der Waals surface area (Å²) < 4.78 is 0. The third-order valence-corrected chi connectivity index (χ3v) is 2.40. The van der Waals surface area contributed by atoms with Crippen LogP contribution in [0.3, 0.4) is 0 Å². The van der Waals surface area contributed by atoms with Gasteiger partial charge in [0.2, 0.25) is 0 Å². The van der Waals surface area contributed by atoms with Gasteiger partial charge >= 0.3 is 0 Å². The summed E-state index contributed by atoms with van der Waals surface area (Å²) in [5.41, 5.74) is 6.94. The van der Waals surface area contributed by atoms with Crippen LogP contribution in [0.1, 0.15) is 5.56 Å². The van der Waals surface area contributed by atoms with Gasteiger partial charge in [-0.1, -0.05) is 12.1 Å². The summed E-state index contributed by atoms with van der Waals surface area (Å²) >= 11 is 0. The highest BCUT2D eigenvalue weighted by Gasteiger charge is 2.09. The number of rotatable bonds is 2. The summed E-state index contributed by atoms with van der Waals surface area (Å²) in [6.45, 7) is 0. The lowest BCUT2D eigenvalue weighted by atomic mass is 10.1. The lowest BCUT2D eigenvalue weighted by Gasteiger charge is -2.03. The van der Waals surface area contributed by atoms with E-state index in [1.165, 1.54) is 18.2 Å². The topological polar surface area (TPSA) is 106 Å². The average Bonchev–Trinajstić information content (AvgIpc) is 2.38. The van der Waals surface area contributed by atoms with E-state index in [2.05, 4.69) is 4.98 Å². The van der Waals surface area contributed by atoms with Crippen molar-refractivity contribution in [3.8, 4) is 17.3 Å². The van der Waals surface area contributed by atoms with Gasteiger partial charge in [0.15, 0.2) is 0 Å². The Balaban J connectivity index is 2.49. The van der Waals surface area contributed by atoms with Crippen molar-refractivity contribution >= 4 is 11.5 Å². The van der Waals surface area contributed by atoms with Crippen LogP contribution >= 0.6 is 0 Å². The van der Waals surface area contributed by atoms with Crippen molar-refractivity contribution in [2.75, 3.05) is 5.73 Å². The second-order valence-corrected chi connectivity index (χ2v) is 3.55. The monoisotopic (exact) mass is 240 g/mol. The van der Waals surface area contributed by atoms with Gasteiger partial charge in [0.05, 0.1) is 16.2 Å². The molecular formula is C12H8N4O2. The number of pyridine rings is 1. The summed E-state index contributed by atoms with van der Waals surface area (Å²) in [5.74, 6) is 0.113. The first kappa shape index (κ1) is 11.5. The smallest absolute Gasteiger partial charge is 0.270 e. The molecule has 1 heterocycles. The zero-order valence-corrected chi connectivity index (χ0v) is 9.20. The Morgan fingerprint density at radius 3 is 2.72 bits per heavy atom. The minimum Gasteiger partial charge on any atom is -0.383 e. The SMILES string of the molecule is N#Cc1ccc(-c2cccc([N+](=O)[O-])c2)nc1N. The Bertz CT molecular complexity index is 661. The molecule has 0 radical (unpaired) electrons. The number of hydrogen-bond acceptors (Lipinski definition) is 5. The van der Waals surface area contributed by atoms with E-state index in [1.54, 1.807) is 18.2 Å². The maximum atomic E-state index is 10.7. The molecule has 0 aliphatic heterocycles. The third-order valence-electron chi connectivity index (χ3n) is 2.40. The Labute approximate surface area is 102 Å². The van der Waals surface area contributed by atoms with E-state index in [0.717, 1.165) is 0 Å². The van der Waals surface area contributed by atoms with Gasteiger partial charge in [-0.3, -0.25) is 10.1 Å². The number of benzene rings is 1. The van der Waals surface area contributed by atoms with Crippen LogP contribution in [-0.4, -0.2) is 9.91 Å². The van der Waals surface area contributed by atoms with Crippen molar-refractivity contribution in [1.82, 2.24) is 4.98 Å². The molecule has 2 aromatic rings. The minimum absolute atomic E-state index is 0.0165. The number of aromatic nitrogens is 1. The summed E-state index contributed by atoms with van der Waals surface area (Å²) in [4.78, 5) is 14.2. The van der Waals surface area contributed by atoms with Crippen molar-refractivity contribution in [2.45, 2.75) is 0 Å². The second kappa shape index (κ2) is 4.51. The van der Waals surface area contributed by atoms with Gasteiger partial charge < -0.3 is 5.73 Å². The van der Waals surface area contributed by atoms with Gasteiger partial charge in [-0.05, 0) is 12.1 Å². The van der Waals surface area contributed by atoms with Gasteiger partial charge in [-0.25, -0.2) is 4.98 Å². The molecule has 6 nitrogen and oxygen atoms in total. The molecule has 6 heteroatoms. The quantitative estimate of drug-likeness (QED) is 0.639. The molecule has 0 aliphatic rings. The fraction of sp³-hybridized carbons (Fsp3) is 0. The third kappa shape index (κ3) is 2.10. The van der Waals surface area contributed by atoms with Crippen LogP contribution in [0, 0.1) is 21.4 Å². The molecule has 0 unspecified atom stereocenters. The molecule has 1 aromatic carbocycles. The van der Waals surface area contributed by atoms with Crippen LogP contribution in [-0.2, 0) is 0 Å². The summed E-state index contributed by atoms with van der Waals surface area (Å²) in [6, 6.07) is 11.1. The number of hydrogen-bond donors (Lipinski definition) is 1. The Hall–Kier alpha value is -2.94. The molecule has 0 bridgehead atoms. The molecule has 88 valence electrons. The Morgan fingerprint density at radius 2 is 2.11 bits per heavy atom. The van der Waals surface area contributed by atoms with Gasteiger partial charge in [0.1, 0.15) is 11.9 Å². The maximum Gasteiger partial charge on any atom is 0.270 e. The first-order valence-corrected chi connectivity index (χ1v) is 5.03. The zero-order valence-electron chi connectivity index (χ0n) is 9.20. The molecule has 0 atom stereocenters. The molecule has 2 rings (SSSR count). The van der Waals surface area contributed by atoms with Crippen molar-refractivity contribution in [2.24, 2.45) is 0 Å². The first-order valence-electron chi connectivity index (χ1n) is 5.03. The van der Waals surface area contributed by atoms with Crippen LogP contribution in [0.5, 0.6) is 0 Å². The molecule has 0 spiro atoms. The highest BCUT2D eigenvalue weighted by molar-refractivity contribution is 5.65. The van der Waals surface area contributed by atoms with Crippen LogP contribution in [0.4, 0.5) is 11.5 Å².